The summed E-state index contributed by atoms with van der Waals surface area (Å²) in [7, 11) is 3.29. The predicted molar refractivity (Wildman–Crippen MR) is 124 cm³/mol. The normalized spacial score (nSPS) is 10.8. The number of benzene rings is 3. The Morgan fingerprint density at radius 3 is 1.84 bits per heavy atom. The number of nitrogens with zero attached hydrogens (tertiary/aromatic N) is 3. The van der Waals surface area contributed by atoms with Crippen LogP contribution in [0, 0.1) is 0 Å². The van der Waals surface area contributed by atoms with E-state index in [-0.39, 0.29) is 0 Å². The van der Waals surface area contributed by atoms with E-state index in [4.69, 9.17) is 9.47 Å². The topological polar surface area (TPSA) is 68.6 Å². The van der Waals surface area contributed by atoms with Crippen LogP contribution in [-0.4, -0.2) is 30.4 Å². The molecule has 4 rings (SSSR count). The van der Waals surface area contributed by atoms with Crippen molar-refractivity contribution in [2.75, 3.05) is 19.6 Å². The molecule has 1 aromatic heterocycles. The SMILES string of the molecule is COc1ccc(C=NNc2nc(-c3ccccc3)cc(-c3ccc(OC)cc3)n2)cc1. The van der Waals surface area contributed by atoms with Crippen molar-refractivity contribution >= 4 is 12.2 Å². The summed E-state index contributed by atoms with van der Waals surface area (Å²) < 4.78 is 10.4. The third-order valence-corrected chi connectivity index (χ3v) is 4.68. The Labute approximate surface area is 181 Å². The molecule has 0 atom stereocenters. The molecule has 0 aliphatic carbocycles. The van der Waals surface area contributed by atoms with Gasteiger partial charge in [-0.2, -0.15) is 5.10 Å². The van der Waals surface area contributed by atoms with Crippen LogP contribution in [0.2, 0.25) is 0 Å². The number of hydrogen-bond acceptors (Lipinski definition) is 6. The van der Waals surface area contributed by atoms with Gasteiger partial charge in [-0.15, -0.1) is 0 Å². The molecule has 0 unspecified atom stereocenters. The highest BCUT2D eigenvalue weighted by Gasteiger charge is 2.09. The summed E-state index contributed by atoms with van der Waals surface area (Å²) in [6, 6.07) is 27.3. The molecule has 31 heavy (non-hydrogen) atoms. The Morgan fingerprint density at radius 1 is 0.710 bits per heavy atom. The van der Waals surface area contributed by atoms with Gasteiger partial charge in [0.15, 0.2) is 0 Å². The molecule has 1 heterocycles. The molecule has 0 radical (unpaired) electrons. The summed E-state index contributed by atoms with van der Waals surface area (Å²) in [6.07, 6.45) is 1.71. The van der Waals surface area contributed by atoms with Crippen LogP contribution < -0.4 is 14.9 Å². The molecule has 1 N–H and O–H groups in total. The third-order valence-electron chi connectivity index (χ3n) is 4.68. The summed E-state index contributed by atoms with van der Waals surface area (Å²) in [5.41, 5.74) is 7.45. The zero-order valence-corrected chi connectivity index (χ0v) is 17.3. The van der Waals surface area contributed by atoms with Gasteiger partial charge in [0.2, 0.25) is 5.95 Å². The van der Waals surface area contributed by atoms with Crippen molar-refractivity contribution < 1.29 is 9.47 Å². The smallest absolute Gasteiger partial charge is 0.244 e. The van der Waals surface area contributed by atoms with Gasteiger partial charge in [-0.05, 0) is 60.2 Å². The lowest BCUT2D eigenvalue weighted by Gasteiger charge is -2.09. The van der Waals surface area contributed by atoms with Gasteiger partial charge >= 0.3 is 0 Å². The maximum atomic E-state index is 5.26. The molecule has 4 aromatic rings. The molecular weight excluding hydrogens is 388 g/mol. The van der Waals surface area contributed by atoms with Crippen LogP contribution in [-0.2, 0) is 0 Å². The number of nitrogens with one attached hydrogen (secondary N) is 1. The van der Waals surface area contributed by atoms with Gasteiger partial charge in [-0.25, -0.2) is 15.4 Å². The van der Waals surface area contributed by atoms with Crippen molar-refractivity contribution in [1.82, 2.24) is 9.97 Å². The predicted octanol–water partition coefficient (Wildman–Crippen LogP) is 5.27. The zero-order chi connectivity index (χ0) is 21.5. The van der Waals surface area contributed by atoms with Crippen LogP contribution in [0.4, 0.5) is 5.95 Å². The monoisotopic (exact) mass is 410 g/mol. The molecule has 6 nitrogen and oxygen atoms in total. The lowest BCUT2D eigenvalue weighted by molar-refractivity contribution is 0.414. The number of ether oxygens (including phenoxy) is 2. The Balaban J connectivity index is 1.64. The van der Waals surface area contributed by atoms with E-state index in [9.17, 15) is 0 Å². The average Bonchev–Trinajstić information content (AvgIpc) is 2.85. The standard InChI is InChI=1S/C25H22N4O2/c1-30-21-12-8-18(9-13-21)17-26-29-25-27-23(19-6-4-3-5-7-19)16-24(28-25)20-10-14-22(31-2)15-11-20/h3-17H,1-2H3,(H,27,28,29). The highest BCUT2D eigenvalue weighted by molar-refractivity contribution is 5.80. The van der Waals surface area contributed by atoms with Crippen molar-refractivity contribution in [3.63, 3.8) is 0 Å². The summed E-state index contributed by atoms with van der Waals surface area (Å²) in [4.78, 5) is 9.29. The van der Waals surface area contributed by atoms with Gasteiger partial charge in [0.05, 0.1) is 31.8 Å². The van der Waals surface area contributed by atoms with E-state index in [0.29, 0.717) is 5.95 Å². The molecule has 0 saturated heterocycles. The number of hydrazone groups is 1. The molecule has 0 aliphatic rings. The molecule has 154 valence electrons. The van der Waals surface area contributed by atoms with E-state index in [1.807, 2.05) is 84.9 Å². The minimum absolute atomic E-state index is 0.414. The van der Waals surface area contributed by atoms with E-state index in [0.717, 1.165) is 39.6 Å². The van der Waals surface area contributed by atoms with Gasteiger partial charge in [-0.1, -0.05) is 30.3 Å². The highest BCUT2D eigenvalue weighted by atomic mass is 16.5. The quantitative estimate of drug-likeness (QED) is 0.332. The first-order valence-electron chi connectivity index (χ1n) is 9.77. The molecule has 0 bridgehead atoms. The maximum Gasteiger partial charge on any atom is 0.244 e. The van der Waals surface area contributed by atoms with Crippen molar-refractivity contribution in [1.29, 1.82) is 0 Å². The summed E-state index contributed by atoms with van der Waals surface area (Å²) >= 11 is 0. The fraction of sp³-hybridized carbons (Fsp3) is 0.0800. The first-order chi connectivity index (χ1) is 15.2. The molecule has 0 aliphatic heterocycles. The molecular formula is C25H22N4O2. The second-order valence-corrected chi connectivity index (χ2v) is 6.70. The zero-order valence-electron chi connectivity index (χ0n) is 17.3. The fourth-order valence-electron chi connectivity index (χ4n) is 3.02. The Hall–Kier alpha value is -4.19. The minimum Gasteiger partial charge on any atom is -0.497 e. The first kappa shape index (κ1) is 20.1. The first-order valence-corrected chi connectivity index (χ1v) is 9.77. The van der Waals surface area contributed by atoms with Crippen molar-refractivity contribution in [3.8, 4) is 34.0 Å². The molecule has 0 spiro atoms. The van der Waals surface area contributed by atoms with Gasteiger partial charge in [0, 0.05) is 11.1 Å². The van der Waals surface area contributed by atoms with Gasteiger partial charge in [0.25, 0.3) is 0 Å². The lowest BCUT2D eigenvalue weighted by Crippen LogP contribution is -2.00. The Morgan fingerprint density at radius 2 is 1.26 bits per heavy atom. The second kappa shape index (κ2) is 9.54. The number of anilines is 1. The van der Waals surface area contributed by atoms with Crippen molar-refractivity contribution in [2.24, 2.45) is 5.10 Å². The van der Waals surface area contributed by atoms with Gasteiger partial charge in [0.1, 0.15) is 11.5 Å². The number of rotatable bonds is 7. The molecule has 6 heteroatoms. The van der Waals surface area contributed by atoms with Crippen LogP contribution in [0.5, 0.6) is 11.5 Å². The lowest BCUT2D eigenvalue weighted by atomic mass is 10.1. The van der Waals surface area contributed by atoms with Crippen LogP contribution in [0.15, 0.2) is 90.0 Å². The maximum absolute atomic E-state index is 5.26. The van der Waals surface area contributed by atoms with Crippen molar-refractivity contribution in [3.05, 3.63) is 90.5 Å². The summed E-state index contributed by atoms with van der Waals surface area (Å²) in [5, 5.41) is 4.30. The number of hydrogen-bond donors (Lipinski definition) is 1. The third kappa shape index (κ3) is 5.05. The molecule has 0 amide bonds. The van der Waals surface area contributed by atoms with E-state index in [1.165, 1.54) is 0 Å². The number of aromatic nitrogens is 2. The van der Waals surface area contributed by atoms with Crippen LogP contribution in [0.3, 0.4) is 0 Å². The van der Waals surface area contributed by atoms with Crippen LogP contribution in [0.1, 0.15) is 5.56 Å². The summed E-state index contributed by atoms with van der Waals surface area (Å²) in [6.45, 7) is 0. The minimum atomic E-state index is 0.414. The van der Waals surface area contributed by atoms with E-state index >= 15 is 0 Å². The summed E-state index contributed by atoms with van der Waals surface area (Å²) in [5.74, 6) is 2.01. The van der Waals surface area contributed by atoms with Gasteiger partial charge < -0.3 is 9.47 Å². The Bertz CT molecular complexity index is 1160. The van der Waals surface area contributed by atoms with Crippen molar-refractivity contribution in [2.45, 2.75) is 0 Å². The van der Waals surface area contributed by atoms with E-state index in [2.05, 4.69) is 20.5 Å². The largest absolute Gasteiger partial charge is 0.497 e. The van der Waals surface area contributed by atoms with Crippen LogP contribution in [0.25, 0.3) is 22.5 Å². The number of methoxy groups -OCH3 is 2. The Kier molecular flexibility index (Phi) is 6.18. The average molecular weight is 410 g/mol. The molecule has 0 saturated carbocycles. The highest BCUT2D eigenvalue weighted by Crippen LogP contribution is 2.26. The second-order valence-electron chi connectivity index (χ2n) is 6.70. The van der Waals surface area contributed by atoms with Crippen LogP contribution >= 0.6 is 0 Å². The van der Waals surface area contributed by atoms with E-state index < -0.39 is 0 Å². The van der Waals surface area contributed by atoms with Gasteiger partial charge in [-0.3, -0.25) is 0 Å². The van der Waals surface area contributed by atoms with E-state index in [1.54, 1.807) is 20.4 Å². The fourth-order valence-corrected chi connectivity index (χ4v) is 3.02. The molecule has 0 fully saturated rings. The molecule has 3 aromatic carbocycles.